The van der Waals surface area contributed by atoms with Crippen LogP contribution < -0.4 is 0 Å². The van der Waals surface area contributed by atoms with Crippen molar-refractivity contribution >= 4 is 16.9 Å². The molecule has 2 aliphatic rings. The molecule has 1 aliphatic heterocycles. The van der Waals surface area contributed by atoms with Crippen LogP contribution in [0.25, 0.3) is 11.0 Å². The first-order valence-electron chi connectivity index (χ1n) is 8.56. The lowest BCUT2D eigenvalue weighted by molar-refractivity contribution is -0.136. The molecule has 2 fully saturated rings. The quantitative estimate of drug-likeness (QED) is 0.871. The summed E-state index contributed by atoms with van der Waals surface area (Å²) in [5.74, 6) is 1.86. The van der Waals surface area contributed by atoms with Gasteiger partial charge in [-0.15, -0.1) is 0 Å². The van der Waals surface area contributed by atoms with Gasteiger partial charge in [-0.2, -0.15) is 0 Å². The minimum atomic E-state index is 0.218. The largest absolute Gasteiger partial charge is 0.336 e. The predicted octanol–water partition coefficient (Wildman–Crippen LogP) is 2.08. The Labute approximate surface area is 136 Å². The Morgan fingerprint density at radius 3 is 2.78 bits per heavy atom. The molecule has 1 aromatic carbocycles. The van der Waals surface area contributed by atoms with Gasteiger partial charge in [0.25, 0.3) is 0 Å². The summed E-state index contributed by atoms with van der Waals surface area (Å²) in [4.78, 5) is 22.0. The van der Waals surface area contributed by atoms with Crippen molar-refractivity contribution in [3.63, 3.8) is 0 Å². The summed E-state index contributed by atoms with van der Waals surface area (Å²) < 4.78 is 2.15. The number of hydrogen-bond acceptors (Lipinski definition) is 3. The Morgan fingerprint density at radius 2 is 2.04 bits per heavy atom. The van der Waals surface area contributed by atoms with Crippen LogP contribution in [-0.4, -0.2) is 58.0 Å². The molecule has 0 spiro atoms. The van der Waals surface area contributed by atoms with Crippen molar-refractivity contribution in [2.75, 3.05) is 26.7 Å². The second kappa shape index (κ2) is 5.64. The molecule has 0 unspecified atom stereocenters. The molecule has 5 nitrogen and oxygen atoms in total. The van der Waals surface area contributed by atoms with Crippen molar-refractivity contribution in [3.8, 4) is 0 Å². The molecule has 23 heavy (non-hydrogen) atoms. The SMILES string of the molecule is C[C@@H]1CN(C)CCN1C(=O)Cn1c(C2CC2)nc2ccccc21. The van der Waals surface area contributed by atoms with Gasteiger partial charge in [0.2, 0.25) is 5.91 Å². The fourth-order valence-corrected chi connectivity index (χ4v) is 3.65. The number of hydrogen-bond donors (Lipinski definition) is 0. The van der Waals surface area contributed by atoms with E-state index in [-0.39, 0.29) is 11.9 Å². The van der Waals surface area contributed by atoms with E-state index < -0.39 is 0 Å². The van der Waals surface area contributed by atoms with Crippen molar-refractivity contribution in [2.24, 2.45) is 0 Å². The second-order valence-corrected chi connectivity index (χ2v) is 7.02. The minimum absolute atomic E-state index is 0.218. The van der Waals surface area contributed by atoms with Crippen LogP contribution in [0.2, 0.25) is 0 Å². The summed E-state index contributed by atoms with van der Waals surface area (Å²) in [6.45, 7) is 5.28. The molecule has 0 radical (unpaired) electrons. The van der Waals surface area contributed by atoms with Crippen LogP contribution in [0.3, 0.4) is 0 Å². The maximum atomic E-state index is 12.9. The molecule has 1 aliphatic carbocycles. The van der Waals surface area contributed by atoms with Crippen LogP contribution in [0, 0.1) is 0 Å². The molecule has 0 N–H and O–H groups in total. The molecule has 1 saturated heterocycles. The Bertz CT molecular complexity index is 734. The van der Waals surface area contributed by atoms with Gasteiger partial charge < -0.3 is 14.4 Å². The van der Waals surface area contributed by atoms with Gasteiger partial charge in [-0.05, 0) is 38.9 Å². The van der Waals surface area contributed by atoms with Crippen molar-refractivity contribution in [3.05, 3.63) is 30.1 Å². The van der Waals surface area contributed by atoms with E-state index in [0.29, 0.717) is 12.5 Å². The number of carbonyl (C=O) groups excluding carboxylic acids is 1. The predicted molar refractivity (Wildman–Crippen MR) is 90.4 cm³/mol. The van der Waals surface area contributed by atoms with Crippen molar-refractivity contribution in [1.29, 1.82) is 0 Å². The zero-order valence-electron chi connectivity index (χ0n) is 13.9. The molecule has 2 heterocycles. The number of amides is 1. The Kier molecular flexibility index (Phi) is 3.60. The number of para-hydroxylation sites is 2. The molecule has 122 valence electrons. The number of carbonyl (C=O) groups is 1. The van der Waals surface area contributed by atoms with Gasteiger partial charge in [-0.25, -0.2) is 4.98 Å². The maximum absolute atomic E-state index is 12.9. The monoisotopic (exact) mass is 312 g/mol. The Morgan fingerprint density at radius 1 is 1.26 bits per heavy atom. The van der Waals surface area contributed by atoms with E-state index in [9.17, 15) is 4.79 Å². The van der Waals surface area contributed by atoms with Crippen LogP contribution in [-0.2, 0) is 11.3 Å². The highest BCUT2D eigenvalue weighted by atomic mass is 16.2. The smallest absolute Gasteiger partial charge is 0.242 e. The third-order valence-corrected chi connectivity index (χ3v) is 5.07. The van der Waals surface area contributed by atoms with E-state index in [4.69, 9.17) is 4.98 Å². The van der Waals surface area contributed by atoms with E-state index >= 15 is 0 Å². The minimum Gasteiger partial charge on any atom is -0.336 e. The lowest BCUT2D eigenvalue weighted by Crippen LogP contribution is -2.53. The third kappa shape index (κ3) is 2.74. The number of rotatable bonds is 3. The molecule has 1 amide bonds. The van der Waals surface area contributed by atoms with Gasteiger partial charge in [0.15, 0.2) is 0 Å². The standard InChI is InChI=1S/C18H24N4O/c1-13-11-20(2)9-10-21(13)17(23)12-22-16-6-4-3-5-15(16)19-18(22)14-7-8-14/h3-6,13-14H,7-12H2,1-2H3/t13-/m1/s1. The summed E-state index contributed by atoms with van der Waals surface area (Å²) in [6.07, 6.45) is 2.39. The van der Waals surface area contributed by atoms with Crippen LogP contribution in [0.5, 0.6) is 0 Å². The van der Waals surface area contributed by atoms with E-state index in [1.54, 1.807) is 0 Å². The fourth-order valence-electron chi connectivity index (χ4n) is 3.65. The summed E-state index contributed by atoms with van der Waals surface area (Å²) in [6, 6.07) is 8.44. The van der Waals surface area contributed by atoms with Crippen LogP contribution in [0.1, 0.15) is 31.5 Å². The highest BCUT2D eigenvalue weighted by Crippen LogP contribution is 2.40. The van der Waals surface area contributed by atoms with Gasteiger partial charge in [0.05, 0.1) is 11.0 Å². The first-order chi connectivity index (χ1) is 11.1. The van der Waals surface area contributed by atoms with E-state index in [1.807, 2.05) is 23.1 Å². The Hall–Kier alpha value is -1.88. The molecule has 1 saturated carbocycles. The first-order valence-corrected chi connectivity index (χ1v) is 8.56. The van der Waals surface area contributed by atoms with Gasteiger partial charge in [0.1, 0.15) is 12.4 Å². The van der Waals surface area contributed by atoms with Gasteiger partial charge >= 0.3 is 0 Å². The molecule has 5 heteroatoms. The van der Waals surface area contributed by atoms with Crippen LogP contribution in [0.15, 0.2) is 24.3 Å². The van der Waals surface area contributed by atoms with Crippen molar-refractivity contribution < 1.29 is 4.79 Å². The zero-order valence-corrected chi connectivity index (χ0v) is 13.9. The van der Waals surface area contributed by atoms with E-state index in [2.05, 4.69) is 29.5 Å². The van der Waals surface area contributed by atoms with E-state index in [1.165, 1.54) is 12.8 Å². The van der Waals surface area contributed by atoms with Gasteiger partial charge in [0, 0.05) is 31.6 Å². The molecule has 0 bridgehead atoms. The lowest BCUT2D eigenvalue weighted by atomic mass is 10.2. The number of likely N-dealkylation sites (N-methyl/N-ethyl adjacent to an activating group) is 1. The third-order valence-electron chi connectivity index (χ3n) is 5.07. The molecular weight excluding hydrogens is 288 g/mol. The number of benzene rings is 1. The number of piperazine rings is 1. The lowest BCUT2D eigenvalue weighted by Gasteiger charge is -2.38. The molecule has 1 aromatic heterocycles. The zero-order chi connectivity index (χ0) is 16.0. The highest BCUT2D eigenvalue weighted by molar-refractivity contribution is 5.81. The number of imidazole rings is 1. The maximum Gasteiger partial charge on any atom is 0.242 e. The Balaban J connectivity index is 1.62. The highest BCUT2D eigenvalue weighted by Gasteiger charge is 2.32. The fraction of sp³-hybridized carbons (Fsp3) is 0.556. The molecule has 4 rings (SSSR count). The topological polar surface area (TPSA) is 41.4 Å². The van der Waals surface area contributed by atoms with Crippen molar-refractivity contribution in [1.82, 2.24) is 19.4 Å². The summed E-state index contributed by atoms with van der Waals surface area (Å²) in [5, 5.41) is 0. The normalized spacial score (nSPS) is 22.7. The number of nitrogens with zero attached hydrogens (tertiary/aromatic N) is 4. The van der Waals surface area contributed by atoms with Crippen molar-refractivity contribution in [2.45, 2.75) is 38.3 Å². The first kappa shape index (κ1) is 14.7. The van der Waals surface area contributed by atoms with Crippen LogP contribution >= 0.6 is 0 Å². The van der Waals surface area contributed by atoms with E-state index in [0.717, 1.165) is 36.5 Å². The summed E-state index contributed by atoms with van der Waals surface area (Å²) in [7, 11) is 2.12. The summed E-state index contributed by atoms with van der Waals surface area (Å²) in [5.41, 5.74) is 2.10. The second-order valence-electron chi connectivity index (χ2n) is 7.02. The number of fused-ring (bicyclic) bond motifs is 1. The average molecular weight is 312 g/mol. The molecule has 1 atom stereocenters. The molecular formula is C18H24N4O. The van der Waals surface area contributed by atoms with Gasteiger partial charge in [-0.1, -0.05) is 12.1 Å². The summed E-state index contributed by atoms with van der Waals surface area (Å²) >= 11 is 0. The van der Waals surface area contributed by atoms with Crippen LogP contribution in [0.4, 0.5) is 0 Å². The molecule has 2 aromatic rings. The van der Waals surface area contributed by atoms with Gasteiger partial charge in [-0.3, -0.25) is 4.79 Å². The average Bonchev–Trinajstić information content (AvgIpc) is 3.31. The number of aromatic nitrogens is 2.